The van der Waals surface area contributed by atoms with Crippen molar-refractivity contribution in [1.82, 2.24) is 9.03 Å². The highest BCUT2D eigenvalue weighted by atomic mass is 32.2. The van der Waals surface area contributed by atoms with E-state index in [1.807, 2.05) is 0 Å². The van der Waals surface area contributed by atoms with E-state index in [1.54, 1.807) is 4.31 Å². The molecule has 0 amide bonds. The molecule has 1 saturated heterocycles. The van der Waals surface area contributed by atoms with Gasteiger partial charge in [0, 0.05) is 25.7 Å². The third kappa shape index (κ3) is 4.91. The number of hydrogen-bond donors (Lipinski definition) is 2. The van der Waals surface area contributed by atoms with Gasteiger partial charge in [-0.1, -0.05) is 26.2 Å². The average Bonchev–Trinajstić information content (AvgIpc) is 2.35. The molecule has 3 N–H and O–H groups in total. The molecule has 1 rings (SSSR count). The molecule has 1 aliphatic rings. The Hall–Kier alpha value is -0.170. The van der Waals surface area contributed by atoms with Gasteiger partial charge in [0.2, 0.25) is 0 Å². The van der Waals surface area contributed by atoms with E-state index in [-0.39, 0.29) is 6.04 Å². The Kier molecular flexibility index (Phi) is 6.40. The zero-order chi connectivity index (χ0) is 12.7. The summed E-state index contributed by atoms with van der Waals surface area (Å²) >= 11 is 0. The van der Waals surface area contributed by atoms with Crippen LogP contribution in [0.1, 0.15) is 45.4 Å². The first-order valence-electron chi connectivity index (χ1n) is 6.57. The molecule has 0 saturated carbocycles. The van der Waals surface area contributed by atoms with Gasteiger partial charge in [0.15, 0.2) is 0 Å². The van der Waals surface area contributed by atoms with E-state index in [9.17, 15) is 8.42 Å². The first-order chi connectivity index (χ1) is 8.10. The standard InChI is InChI=1S/C11H25N3O2S/c1-2-3-7-11(10-12)13-17(15,16)14-8-5-4-6-9-14/h11,13H,2-10,12H2,1H3. The third-order valence-electron chi connectivity index (χ3n) is 3.16. The second-order valence-electron chi connectivity index (χ2n) is 4.66. The first-order valence-corrected chi connectivity index (χ1v) is 8.01. The minimum atomic E-state index is -3.32. The molecule has 0 radical (unpaired) electrons. The lowest BCUT2D eigenvalue weighted by Crippen LogP contribution is -2.49. The minimum Gasteiger partial charge on any atom is -0.329 e. The van der Waals surface area contributed by atoms with E-state index < -0.39 is 10.2 Å². The molecule has 17 heavy (non-hydrogen) atoms. The molecule has 0 aromatic carbocycles. The van der Waals surface area contributed by atoms with E-state index in [4.69, 9.17) is 5.73 Å². The summed E-state index contributed by atoms with van der Waals surface area (Å²) in [6.45, 7) is 3.74. The van der Waals surface area contributed by atoms with Crippen LogP contribution >= 0.6 is 0 Å². The van der Waals surface area contributed by atoms with Gasteiger partial charge in [-0.25, -0.2) is 0 Å². The SMILES string of the molecule is CCCCC(CN)NS(=O)(=O)N1CCCCC1. The zero-order valence-corrected chi connectivity index (χ0v) is 11.5. The van der Waals surface area contributed by atoms with Crippen LogP contribution in [0.3, 0.4) is 0 Å². The highest BCUT2D eigenvalue weighted by Gasteiger charge is 2.25. The molecule has 0 spiro atoms. The summed E-state index contributed by atoms with van der Waals surface area (Å²) in [5.74, 6) is 0. The van der Waals surface area contributed by atoms with Crippen LogP contribution in [0, 0.1) is 0 Å². The van der Waals surface area contributed by atoms with Crippen LogP contribution in [0.25, 0.3) is 0 Å². The van der Waals surface area contributed by atoms with Crippen molar-refractivity contribution in [3.63, 3.8) is 0 Å². The number of nitrogens with zero attached hydrogens (tertiary/aromatic N) is 1. The summed E-state index contributed by atoms with van der Waals surface area (Å²) in [5, 5.41) is 0. The maximum absolute atomic E-state index is 12.1. The first kappa shape index (κ1) is 14.9. The second-order valence-corrected chi connectivity index (χ2v) is 6.36. The molecule has 1 aliphatic heterocycles. The van der Waals surface area contributed by atoms with Crippen molar-refractivity contribution in [1.29, 1.82) is 0 Å². The Labute approximate surface area is 105 Å². The number of nitrogens with one attached hydrogen (secondary N) is 1. The normalized spacial score (nSPS) is 20.4. The van der Waals surface area contributed by atoms with E-state index in [1.165, 1.54) is 0 Å². The molecule has 5 nitrogen and oxygen atoms in total. The van der Waals surface area contributed by atoms with Crippen molar-refractivity contribution < 1.29 is 8.42 Å². The molecule has 0 bridgehead atoms. The molecule has 102 valence electrons. The molecule has 0 aromatic heterocycles. The number of hydrogen-bond acceptors (Lipinski definition) is 3. The monoisotopic (exact) mass is 263 g/mol. The Morgan fingerprint density at radius 2 is 1.94 bits per heavy atom. The maximum atomic E-state index is 12.1. The Morgan fingerprint density at radius 1 is 1.29 bits per heavy atom. The molecule has 1 fully saturated rings. The Bertz CT molecular complexity index is 300. The molecule has 0 aromatic rings. The summed E-state index contributed by atoms with van der Waals surface area (Å²) < 4.78 is 28.4. The largest absolute Gasteiger partial charge is 0.329 e. The molecule has 6 heteroatoms. The number of unbranched alkanes of at least 4 members (excludes halogenated alkanes) is 1. The van der Waals surface area contributed by atoms with Crippen LogP contribution in [0.5, 0.6) is 0 Å². The fourth-order valence-corrected chi connectivity index (χ4v) is 3.59. The lowest BCUT2D eigenvalue weighted by atomic mass is 10.1. The summed E-state index contributed by atoms with van der Waals surface area (Å²) in [6, 6.07) is -0.123. The Balaban J connectivity index is 2.50. The summed E-state index contributed by atoms with van der Waals surface area (Å²) in [5.41, 5.74) is 5.60. The van der Waals surface area contributed by atoms with Gasteiger partial charge in [0.05, 0.1) is 0 Å². The topological polar surface area (TPSA) is 75.4 Å². The van der Waals surface area contributed by atoms with Gasteiger partial charge in [-0.05, 0) is 19.3 Å². The lowest BCUT2D eigenvalue weighted by Gasteiger charge is -2.28. The van der Waals surface area contributed by atoms with Gasteiger partial charge < -0.3 is 5.73 Å². The van der Waals surface area contributed by atoms with Crippen LogP contribution < -0.4 is 10.5 Å². The van der Waals surface area contributed by atoms with E-state index in [0.29, 0.717) is 19.6 Å². The van der Waals surface area contributed by atoms with Gasteiger partial charge in [-0.15, -0.1) is 0 Å². The van der Waals surface area contributed by atoms with Gasteiger partial charge in [0.1, 0.15) is 0 Å². The number of rotatable bonds is 7. The fraction of sp³-hybridized carbons (Fsp3) is 1.00. The van der Waals surface area contributed by atoms with Crippen LogP contribution in [0.15, 0.2) is 0 Å². The van der Waals surface area contributed by atoms with Gasteiger partial charge >= 0.3 is 0 Å². The Morgan fingerprint density at radius 3 is 2.47 bits per heavy atom. The molecule has 0 aliphatic carbocycles. The van der Waals surface area contributed by atoms with Crippen LogP contribution in [-0.4, -0.2) is 38.4 Å². The van der Waals surface area contributed by atoms with Crippen molar-refractivity contribution in [3.8, 4) is 0 Å². The minimum absolute atomic E-state index is 0.123. The summed E-state index contributed by atoms with van der Waals surface area (Å²) in [7, 11) is -3.32. The molecule has 1 heterocycles. The number of nitrogens with two attached hydrogens (primary N) is 1. The van der Waals surface area contributed by atoms with Gasteiger partial charge in [-0.3, -0.25) is 0 Å². The van der Waals surface area contributed by atoms with Crippen molar-refractivity contribution >= 4 is 10.2 Å². The summed E-state index contributed by atoms with van der Waals surface area (Å²) in [4.78, 5) is 0. The predicted octanol–water partition coefficient (Wildman–Crippen LogP) is 0.824. The summed E-state index contributed by atoms with van der Waals surface area (Å²) in [6.07, 6.45) is 5.93. The van der Waals surface area contributed by atoms with Crippen LogP contribution in [-0.2, 0) is 10.2 Å². The van der Waals surface area contributed by atoms with Crippen molar-refractivity contribution in [2.75, 3.05) is 19.6 Å². The third-order valence-corrected chi connectivity index (χ3v) is 4.84. The van der Waals surface area contributed by atoms with E-state index in [0.717, 1.165) is 38.5 Å². The van der Waals surface area contributed by atoms with E-state index in [2.05, 4.69) is 11.6 Å². The van der Waals surface area contributed by atoms with E-state index >= 15 is 0 Å². The fourth-order valence-electron chi connectivity index (χ4n) is 2.07. The van der Waals surface area contributed by atoms with Gasteiger partial charge in [-0.2, -0.15) is 17.4 Å². The molecule has 1 atom stereocenters. The zero-order valence-electron chi connectivity index (χ0n) is 10.7. The molecule has 1 unspecified atom stereocenters. The predicted molar refractivity (Wildman–Crippen MR) is 69.8 cm³/mol. The molecular weight excluding hydrogens is 238 g/mol. The van der Waals surface area contributed by atoms with Gasteiger partial charge in [0.25, 0.3) is 10.2 Å². The highest BCUT2D eigenvalue weighted by Crippen LogP contribution is 2.13. The van der Waals surface area contributed by atoms with Crippen LogP contribution in [0.4, 0.5) is 0 Å². The van der Waals surface area contributed by atoms with Crippen molar-refractivity contribution in [3.05, 3.63) is 0 Å². The van der Waals surface area contributed by atoms with Crippen LogP contribution in [0.2, 0.25) is 0 Å². The quantitative estimate of drug-likeness (QED) is 0.714. The number of piperidine rings is 1. The highest BCUT2D eigenvalue weighted by molar-refractivity contribution is 7.87. The lowest BCUT2D eigenvalue weighted by molar-refractivity contribution is 0.337. The van der Waals surface area contributed by atoms with Crippen molar-refractivity contribution in [2.24, 2.45) is 5.73 Å². The second kappa shape index (κ2) is 7.31. The maximum Gasteiger partial charge on any atom is 0.279 e. The average molecular weight is 263 g/mol. The molecular formula is C11H25N3O2S. The van der Waals surface area contributed by atoms with Crippen molar-refractivity contribution in [2.45, 2.75) is 51.5 Å². The smallest absolute Gasteiger partial charge is 0.279 e.